The largest absolute Gasteiger partial charge is 0.494 e. The first kappa shape index (κ1) is 29.9. The van der Waals surface area contributed by atoms with Crippen LogP contribution >= 0.6 is 11.3 Å². The van der Waals surface area contributed by atoms with E-state index in [9.17, 15) is 4.79 Å². The molecule has 1 N–H and O–H groups in total. The Hall–Kier alpha value is -3.56. The summed E-state index contributed by atoms with van der Waals surface area (Å²) in [5.41, 5.74) is 2.15. The van der Waals surface area contributed by atoms with Gasteiger partial charge in [-0.25, -0.2) is 9.78 Å². The molecular formula is C33H42N4O4S. The van der Waals surface area contributed by atoms with Crippen molar-refractivity contribution in [3.05, 3.63) is 60.0 Å². The van der Waals surface area contributed by atoms with E-state index in [1.54, 1.807) is 6.07 Å². The first-order chi connectivity index (χ1) is 20.7. The van der Waals surface area contributed by atoms with Crippen LogP contribution in [0.1, 0.15) is 45.4 Å². The van der Waals surface area contributed by atoms with E-state index in [0.29, 0.717) is 19.0 Å². The van der Waals surface area contributed by atoms with Gasteiger partial charge in [0.15, 0.2) is 0 Å². The standard InChI is InChI=1S/C33H42N4O4S/c1-2-3-4-5-16-34-33(38)41-25-40-32-14-12-26-11-13-27(24-29(26)35-32)39-22-7-6-17-36-18-20-37(21-19-36)30-9-8-10-31-28(30)15-23-42-31/h8-15,23-24H,2-7,16-22,25H2,1H3,(H,34,38). The predicted molar refractivity (Wildman–Crippen MR) is 171 cm³/mol. The highest BCUT2D eigenvalue weighted by Crippen LogP contribution is 2.31. The van der Waals surface area contributed by atoms with E-state index < -0.39 is 6.09 Å². The number of nitrogens with one attached hydrogen (secondary N) is 1. The number of ether oxygens (including phenoxy) is 3. The number of thiophene rings is 1. The van der Waals surface area contributed by atoms with Crippen LogP contribution in [0.15, 0.2) is 60.0 Å². The summed E-state index contributed by atoms with van der Waals surface area (Å²) in [4.78, 5) is 21.4. The molecule has 1 saturated heterocycles. The molecule has 0 saturated carbocycles. The maximum Gasteiger partial charge on any atom is 0.410 e. The summed E-state index contributed by atoms with van der Waals surface area (Å²) in [5.74, 6) is 1.20. The third-order valence-electron chi connectivity index (χ3n) is 7.66. The number of piperazine rings is 1. The molecule has 2 aromatic heterocycles. The number of hydrogen-bond donors (Lipinski definition) is 1. The summed E-state index contributed by atoms with van der Waals surface area (Å²) < 4.78 is 18.1. The van der Waals surface area contributed by atoms with Crippen LogP contribution in [0.5, 0.6) is 11.6 Å². The maximum atomic E-state index is 11.8. The average molecular weight is 591 g/mol. The van der Waals surface area contributed by atoms with Gasteiger partial charge in [0.2, 0.25) is 12.7 Å². The quantitative estimate of drug-likeness (QED) is 0.117. The molecule has 0 bridgehead atoms. The Kier molecular flexibility index (Phi) is 11.1. The van der Waals surface area contributed by atoms with Crippen molar-refractivity contribution in [2.24, 2.45) is 0 Å². The molecule has 1 aliphatic rings. The molecular weight excluding hydrogens is 548 g/mol. The number of carbonyl (C=O) groups excluding carboxylic acids is 1. The number of fused-ring (bicyclic) bond motifs is 2. The van der Waals surface area contributed by atoms with E-state index in [1.807, 2.05) is 35.6 Å². The molecule has 224 valence electrons. The Labute approximate surface area is 252 Å². The van der Waals surface area contributed by atoms with Crippen LogP contribution in [-0.4, -0.2) is 68.6 Å². The number of amides is 1. The first-order valence-corrected chi connectivity index (χ1v) is 16.1. The fourth-order valence-electron chi connectivity index (χ4n) is 5.28. The van der Waals surface area contributed by atoms with Gasteiger partial charge in [0.25, 0.3) is 0 Å². The van der Waals surface area contributed by atoms with Crippen LogP contribution in [0, 0.1) is 0 Å². The average Bonchev–Trinajstić information content (AvgIpc) is 3.50. The van der Waals surface area contributed by atoms with E-state index in [2.05, 4.69) is 56.7 Å². The third-order valence-corrected chi connectivity index (χ3v) is 8.54. The molecule has 1 amide bonds. The third kappa shape index (κ3) is 8.49. The van der Waals surface area contributed by atoms with Gasteiger partial charge in [-0.05, 0) is 67.6 Å². The number of rotatable bonds is 15. The Morgan fingerprint density at radius 1 is 0.952 bits per heavy atom. The van der Waals surface area contributed by atoms with Crippen LogP contribution in [-0.2, 0) is 4.74 Å². The maximum absolute atomic E-state index is 11.8. The highest BCUT2D eigenvalue weighted by molar-refractivity contribution is 7.17. The van der Waals surface area contributed by atoms with Crippen LogP contribution < -0.4 is 19.7 Å². The van der Waals surface area contributed by atoms with Crippen molar-refractivity contribution in [3.8, 4) is 11.6 Å². The van der Waals surface area contributed by atoms with E-state index in [4.69, 9.17) is 14.2 Å². The van der Waals surface area contributed by atoms with Gasteiger partial charge in [0.05, 0.1) is 12.1 Å². The lowest BCUT2D eigenvalue weighted by atomic mass is 10.2. The monoisotopic (exact) mass is 590 g/mol. The fourth-order valence-corrected chi connectivity index (χ4v) is 6.09. The van der Waals surface area contributed by atoms with Gasteiger partial charge in [-0.3, -0.25) is 4.90 Å². The Bertz CT molecular complexity index is 1420. The molecule has 1 aliphatic heterocycles. The van der Waals surface area contributed by atoms with E-state index in [1.165, 1.54) is 22.2 Å². The SMILES string of the molecule is CCCCCCNC(=O)OCOc1ccc2ccc(OCCCCN3CCN(c4cccc5sccc45)CC3)cc2n1. The van der Waals surface area contributed by atoms with Crippen LogP contribution in [0.4, 0.5) is 10.5 Å². The van der Waals surface area contributed by atoms with Crippen LogP contribution in [0.25, 0.3) is 21.0 Å². The van der Waals surface area contributed by atoms with Crippen molar-refractivity contribution in [2.75, 3.05) is 57.6 Å². The number of benzene rings is 2. The number of unbranched alkanes of at least 4 members (excludes halogenated alkanes) is 4. The zero-order valence-corrected chi connectivity index (χ0v) is 25.4. The van der Waals surface area contributed by atoms with Crippen molar-refractivity contribution in [1.82, 2.24) is 15.2 Å². The molecule has 42 heavy (non-hydrogen) atoms. The summed E-state index contributed by atoms with van der Waals surface area (Å²) in [5, 5.41) is 7.30. The number of pyridine rings is 1. The van der Waals surface area contributed by atoms with Crippen molar-refractivity contribution in [3.63, 3.8) is 0 Å². The molecule has 4 aromatic rings. The minimum Gasteiger partial charge on any atom is -0.494 e. The van der Waals surface area contributed by atoms with Gasteiger partial charge in [-0.2, -0.15) is 0 Å². The summed E-state index contributed by atoms with van der Waals surface area (Å²) in [6.07, 6.45) is 6.03. The van der Waals surface area contributed by atoms with E-state index in [0.717, 1.165) is 81.5 Å². The molecule has 2 aromatic carbocycles. The molecule has 0 unspecified atom stereocenters. The number of aromatic nitrogens is 1. The zero-order chi connectivity index (χ0) is 29.0. The summed E-state index contributed by atoms with van der Waals surface area (Å²) in [7, 11) is 0. The molecule has 8 nitrogen and oxygen atoms in total. The van der Waals surface area contributed by atoms with Gasteiger partial charge in [-0.1, -0.05) is 32.3 Å². The normalized spacial score (nSPS) is 13.9. The van der Waals surface area contributed by atoms with E-state index in [-0.39, 0.29) is 6.79 Å². The summed E-state index contributed by atoms with van der Waals surface area (Å²) in [6.45, 7) is 8.68. The lowest BCUT2D eigenvalue weighted by molar-refractivity contribution is 0.0570. The van der Waals surface area contributed by atoms with Gasteiger partial charge in [0, 0.05) is 66.0 Å². The Balaban J connectivity index is 0.984. The molecule has 3 heterocycles. The molecule has 0 spiro atoms. The van der Waals surface area contributed by atoms with Crippen LogP contribution in [0.3, 0.4) is 0 Å². The predicted octanol–water partition coefficient (Wildman–Crippen LogP) is 7.07. The second kappa shape index (κ2) is 15.6. The van der Waals surface area contributed by atoms with Crippen molar-refractivity contribution in [1.29, 1.82) is 0 Å². The van der Waals surface area contributed by atoms with Gasteiger partial charge in [-0.15, -0.1) is 11.3 Å². The molecule has 0 aliphatic carbocycles. The van der Waals surface area contributed by atoms with E-state index >= 15 is 0 Å². The van der Waals surface area contributed by atoms with Gasteiger partial charge >= 0.3 is 6.09 Å². The van der Waals surface area contributed by atoms with Gasteiger partial charge < -0.3 is 24.4 Å². The highest BCUT2D eigenvalue weighted by atomic mass is 32.1. The number of hydrogen-bond acceptors (Lipinski definition) is 8. The minimum atomic E-state index is -0.475. The first-order valence-electron chi connectivity index (χ1n) is 15.2. The zero-order valence-electron chi connectivity index (χ0n) is 24.6. The minimum absolute atomic E-state index is 0.185. The summed E-state index contributed by atoms with van der Waals surface area (Å²) >= 11 is 1.81. The second-order valence-corrected chi connectivity index (χ2v) is 11.6. The lowest BCUT2D eigenvalue weighted by Crippen LogP contribution is -2.46. The van der Waals surface area contributed by atoms with Crippen molar-refractivity contribution in [2.45, 2.75) is 45.4 Å². The van der Waals surface area contributed by atoms with Crippen LogP contribution in [0.2, 0.25) is 0 Å². The summed E-state index contributed by atoms with van der Waals surface area (Å²) in [6, 6.07) is 18.5. The molecule has 0 radical (unpaired) electrons. The number of nitrogens with zero attached hydrogens (tertiary/aromatic N) is 3. The molecule has 5 rings (SSSR count). The van der Waals surface area contributed by atoms with Crippen molar-refractivity contribution < 1.29 is 19.0 Å². The molecule has 9 heteroatoms. The fraction of sp³-hybridized carbons (Fsp3) is 0.455. The highest BCUT2D eigenvalue weighted by Gasteiger charge is 2.18. The Morgan fingerprint density at radius 2 is 1.83 bits per heavy atom. The number of anilines is 1. The van der Waals surface area contributed by atoms with Gasteiger partial charge in [0.1, 0.15) is 5.75 Å². The van der Waals surface area contributed by atoms with Crippen molar-refractivity contribution >= 4 is 44.1 Å². The number of carbonyl (C=O) groups is 1. The number of alkyl carbamates (subject to hydrolysis) is 1. The topological polar surface area (TPSA) is 76.2 Å². The molecule has 0 atom stereocenters. The molecule has 1 fully saturated rings. The Morgan fingerprint density at radius 3 is 2.71 bits per heavy atom. The lowest BCUT2D eigenvalue weighted by Gasteiger charge is -2.36. The smallest absolute Gasteiger partial charge is 0.410 e. The second-order valence-electron chi connectivity index (χ2n) is 10.7.